The maximum atomic E-state index is 12.5. The molecule has 24 heavy (non-hydrogen) atoms. The molecule has 10 heteroatoms. The van der Waals surface area contributed by atoms with Crippen LogP contribution < -0.4 is 5.32 Å². The Hall–Kier alpha value is -0.680. The molecule has 1 heterocycles. The van der Waals surface area contributed by atoms with Gasteiger partial charge in [-0.1, -0.05) is 15.9 Å². The minimum Gasteiger partial charge on any atom is -0.388 e. The zero-order chi connectivity index (χ0) is 18.0. The van der Waals surface area contributed by atoms with Gasteiger partial charge in [-0.15, -0.1) is 0 Å². The molecule has 0 radical (unpaired) electrons. The van der Waals surface area contributed by atoms with Crippen LogP contribution in [0.1, 0.15) is 12.8 Å². The summed E-state index contributed by atoms with van der Waals surface area (Å²) in [7, 11) is -3.67. The first-order chi connectivity index (χ1) is 11.0. The minimum absolute atomic E-state index is 0.0581. The normalized spacial score (nSPS) is 19.4. The van der Waals surface area contributed by atoms with Gasteiger partial charge in [0.2, 0.25) is 10.0 Å². The third-order valence-corrected chi connectivity index (χ3v) is 6.33. The van der Waals surface area contributed by atoms with Crippen LogP contribution in [-0.2, 0) is 10.0 Å². The first kappa shape index (κ1) is 19.6. The summed E-state index contributed by atoms with van der Waals surface area (Å²) >= 11 is 3.23. The fraction of sp³-hybridized carbons (Fsp3) is 0.571. The van der Waals surface area contributed by atoms with Crippen molar-refractivity contribution in [2.24, 2.45) is 0 Å². The summed E-state index contributed by atoms with van der Waals surface area (Å²) in [4.78, 5) is 0.145. The Labute approximate surface area is 147 Å². The predicted molar refractivity (Wildman–Crippen MR) is 86.0 cm³/mol. The topological polar surface area (TPSA) is 69.6 Å². The lowest BCUT2D eigenvalue weighted by atomic mass is 9.92. The Morgan fingerprint density at radius 1 is 1.21 bits per heavy atom. The van der Waals surface area contributed by atoms with Crippen LogP contribution in [0.3, 0.4) is 0 Å². The average Bonchev–Trinajstić information content (AvgIpc) is 2.46. The molecule has 1 aliphatic rings. The van der Waals surface area contributed by atoms with Crippen LogP contribution in [0.15, 0.2) is 33.6 Å². The van der Waals surface area contributed by atoms with Crippen molar-refractivity contribution in [3.8, 4) is 0 Å². The van der Waals surface area contributed by atoms with Crippen molar-refractivity contribution in [2.75, 3.05) is 26.2 Å². The molecule has 1 aromatic rings. The average molecular weight is 431 g/mol. The Bertz CT molecular complexity index is 657. The van der Waals surface area contributed by atoms with Crippen LogP contribution >= 0.6 is 15.9 Å². The highest BCUT2D eigenvalue weighted by Gasteiger charge is 2.37. The molecule has 0 aliphatic carbocycles. The molecule has 0 spiro atoms. The molecule has 5 nitrogen and oxygen atoms in total. The van der Waals surface area contributed by atoms with E-state index in [0.717, 1.165) is 4.47 Å². The van der Waals surface area contributed by atoms with Crippen molar-refractivity contribution in [3.05, 3.63) is 28.7 Å². The van der Waals surface area contributed by atoms with Gasteiger partial charge in [0.15, 0.2) is 0 Å². The van der Waals surface area contributed by atoms with Crippen molar-refractivity contribution in [1.82, 2.24) is 9.62 Å². The first-order valence-corrected chi connectivity index (χ1v) is 9.51. The highest BCUT2D eigenvalue weighted by Crippen LogP contribution is 2.27. The number of alkyl halides is 3. The molecule has 2 N–H and O–H groups in total. The molecule has 1 saturated heterocycles. The second-order valence-corrected chi connectivity index (χ2v) is 8.65. The lowest BCUT2D eigenvalue weighted by Gasteiger charge is -2.37. The zero-order valence-corrected chi connectivity index (χ0v) is 15.1. The Morgan fingerprint density at radius 3 is 2.25 bits per heavy atom. The smallest absolute Gasteiger partial charge is 0.388 e. The number of hydrogen-bond donors (Lipinski definition) is 2. The SMILES string of the molecule is O=S(=O)(c1ccc(Br)cc1)N1CCC(O)(CNCC(F)(F)F)CC1. The molecule has 0 saturated carbocycles. The van der Waals surface area contributed by atoms with Gasteiger partial charge in [0.25, 0.3) is 0 Å². The summed E-state index contributed by atoms with van der Waals surface area (Å²) in [5.74, 6) is 0. The van der Waals surface area contributed by atoms with Crippen molar-refractivity contribution < 1.29 is 26.7 Å². The predicted octanol–water partition coefficient (Wildman–Crippen LogP) is 2.12. The molecule has 2 rings (SSSR count). The van der Waals surface area contributed by atoms with E-state index in [9.17, 15) is 26.7 Å². The number of rotatable bonds is 5. The summed E-state index contributed by atoms with van der Waals surface area (Å²) < 4.78 is 63.4. The molecule has 1 aliphatic heterocycles. The maximum Gasteiger partial charge on any atom is 0.401 e. The quantitative estimate of drug-likeness (QED) is 0.750. The summed E-state index contributed by atoms with van der Waals surface area (Å²) in [5, 5.41) is 12.5. The largest absolute Gasteiger partial charge is 0.401 e. The van der Waals surface area contributed by atoms with Gasteiger partial charge in [-0.2, -0.15) is 17.5 Å². The number of sulfonamides is 1. The fourth-order valence-corrected chi connectivity index (χ4v) is 4.22. The molecule has 0 bridgehead atoms. The summed E-state index contributed by atoms with van der Waals surface area (Å²) in [5.41, 5.74) is -1.34. The van der Waals surface area contributed by atoms with Gasteiger partial charge in [0.05, 0.1) is 17.0 Å². The standard InChI is InChI=1S/C14H18BrF3N2O3S/c15-11-1-3-12(4-2-11)24(22,23)20-7-5-13(21,6-8-20)9-19-10-14(16,17)18/h1-4,19,21H,5-10H2. The molecule has 1 aromatic carbocycles. The summed E-state index contributed by atoms with van der Waals surface area (Å²) in [6.07, 6.45) is -4.19. The van der Waals surface area contributed by atoms with E-state index < -0.39 is 28.3 Å². The third kappa shape index (κ3) is 5.16. The van der Waals surface area contributed by atoms with Crippen LogP contribution in [0.2, 0.25) is 0 Å². The summed E-state index contributed by atoms with van der Waals surface area (Å²) in [6, 6.07) is 6.19. The molecular weight excluding hydrogens is 413 g/mol. The zero-order valence-electron chi connectivity index (χ0n) is 12.7. The van der Waals surface area contributed by atoms with Gasteiger partial charge in [-0.25, -0.2) is 8.42 Å². The molecule has 0 aromatic heterocycles. The van der Waals surface area contributed by atoms with E-state index in [1.165, 1.54) is 16.4 Å². The van der Waals surface area contributed by atoms with Crippen molar-refractivity contribution in [2.45, 2.75) is 29.5 Å². The Balaban J connectivity index is 1.95. The van der Waals surface area contributed by atoms with E-state index in [0.29, 0.717) is 0 Å². The minimum atomic E-state index is -4.35. The second kappa shape index (κ2) is 7.28. The van der Waals surface area contributed by atoms with Crippen LogP contribution in [0.25, 0.3) is 0 Å². The molecule has 0 atom stereocenters. The van der Waals surface area contributed by atoms with Gasteiger partial charge < -0.3 is 10.4 Å². The monoisotopic (exact) mass is 430 g/mol. The number of piperidine rings is 1. The van der Waals surface area contributed by atoms with Gasteiger partial charge >= 0.3 is 6.18 Å². The Morgan fingerprint density at radius 2 is 1.75 bits per heavy atom. The molecule has 0 unspecified atom stereocenters. The maximum absolute atomic E-state index is 12.5. The second-order valence-electron chi connectivity index (χ2n) is 5.80. The lowest BCUT2D eigenvalue weighted by molar-refractivity contribution is -0.127. The highest BCUT2D eigenvalue weighted by molar-refractivity contribution is 9.10. The highest BCUT2D eigenvalue weighted by atomic mass is 79.9. The van der Waals surface area contributed by atoms with E-state index in [1.54, 1.807) is 12.1 Å². The molecular formula is C14H18BrF3N2O3S. The van der Waals surface area contributed by atoms with Crippen LogP contribution in [0, 0.1) is 0 Å². The van der Waals surface area contributed by atoms with Crippen molar-refractivity contribution in [3.63, 3.8) is 0 Å². The number of halogens is 4. The van der Waals surface area contributed by atoms with Gasteiger partial charge in [-0.05, 0) is 37.1 Å². The van der Waals surface area contributed by atoms with Crippen LogP contribution in [-0.4, -0.2) is 55.8 Å². The number of nitrogens with one attached hydrogen (secondary N) is 1. The van der Waals surface area contributed by atoms with Crippen LogP contribution in [0.4, 0.5) is 13.2 Å². The molecule has 1 fully saturated rings. The Kier molecular flexibility index (Phi) is 5.96. The van der Waals surface area contributed by atoms with E-state index >= 15 is 0 Å². The fourth-order valence-electron chi connectivity index (χ4n) is 2.51. The van der Waals surface area contributed by atoms with Crippen LogP contribution in [0.5, 0.6) is 0 Å². The van der Waals surface area contributed by atoms with Gasteiger partial charge in [0, 0.05) is 24.1 Å². The van der Waals surface area contributed by atoms with E-state index in [2.05, 4.69) is 21.2 Å². The summed E-state index contributed by atoms with van der Waals surface area (Å²) in [6.45, 7) is -1.29. The molecule has 0 amide bonds. The molecule has 136 valence electrons. The van der Waals surface area contributed by atoms with Gasteiger partial charge in [0.1, 0.15) is 0 Å². The van der Waals surface area contributed by atoms with Gasteiger partial charge in [-0.3, -0.25) is 0 Å². The van der Waals surface area contributed by atoms with E-state index in [4.69, 9.17) is 0 Å². The third-order valence-electron chi connectivity index (χ3n) is 3.88. The number of nitrogens with zero attached hydrogens (tertiary/aromatic N) is 1. The van der Waals surface area contributed by atoms with E-state index in [1.807, 2.05) is 0 Å². The number of benzene rings is 1. The van der Waals surface area contributed by atoms with Crippen molar-refractivity contribution in [1.29, 1.82) is 0 Å². The van der Waals surface area contributed by atoms with E-state index in [-0.39, 0.29) is 37.4 Å². The number of hydrogen-bond acceptors (Lipinski definition) is 4. The lowest BCUT2D eigenvalue weighted by Crippen LogP contribution is -2.52. The number of aliphatic hydroxyl groups is 1. The van der Waals surface area contributed by atoms with Crippen molar-refractivity contribution >= 4 is 26.0 Å². The first-order valence-electron chi connectivity index (χ1n) is 7.27.